The normalized spacial score (nSPS) is 18.6. The van der Waals surface area contributed by atoms with E-state index in [1.165, 1.54) is 6.26 Å². The minimum Gasteiger partial charge on any atom is -0.463 e. The molecule has 27 heavy (non-hydrogen) atoms. The van der Waals surface area contributed by atoms with E-state index >= 15 is 0 Å². The topological polar surface area (TPSA) is 96.1 Å². The third kappa shape index (κ3) is 4.91. The maximum absolute atomic E-state index is 12.2. The first-order chi connectivity index (χ1) is 12.9. The first-order valence-electron chi connectivity index (χ1n) is 7.81. The summed E-state index contributed by atoms with van der Waals surface area (Å²) in [4.78, 5) is 24.3. The number of anilines is 1. The molecule has 0 radical (unpaired) electrons. The van der Waals surface area contributed by atoms with E-state index in [1.54, 1.807) is 37.3 Å². The Hall–Kier alpha value is -2.29. The molecule has 2 aromatic rings. The zero-order chi connectivity index (χ0) is 19.4. The van der Waals surface area contributed by atoms with Gasteiger partial charge in [-0.25, -0.2) is 0 Å². The van der Waals surface area contributed by atoms with Crippen molar-refractivity contribution < 1.29 is 14.0 Å². The van der Waals surface area contributed by atoms with Crippen LogP contribution < -0.4 is 10.6 Å². The van der Waals surface area contributed by atoms with Crippen LogP contribution in [0.15, 0.2) is 51.2 Å². The molecule has 1 aromatic carbocycles. The van der Waals surface area contributed by atoms with Gasteiger partial charge in [0.2, 0.25) is 11.8 Å². The van der Waals surface area contributed by atoms with Crippen molar-refractivity contribution in [1.82, 2.24) is 5.32 Å². The predicted molar refractivity (Wildman–Crippen MR) is 108 cm³/mol. The highest BCUT2D eigenvalue weighted by Gasteiger charge is 2.32. The number of carbonyl (C=O) groups excluding carboxylic acids is 2. The van der Waals surface area contributed by atoms with E-state index in [9.17, 15) is 9.59 Å². The van der Waals surface area contributed by atoms with Gasteiger partial charge in [-0.2, -0.15) is 0 Å². The lowest BCUT2D eigenvalue weighted by Crippen LogP contribution is -2.28. The van der Waals surface area contributed by atoms with E-state index in [0.717, 1.165) is 11.8 Å². The minimum atomic E-state index is -0.610. The molecule has 1 fully saturated rings. The number of amidine groups is 1. The number of rotatable bonds is 5. The molecule has 0 aliphatic carbocycles. The lowest BCUT2D eigenvalue weighted by atomic mass is 10.2. The smallest absolute Gasteiger partial charge is 0.240 e. The van der Waals surface area contributed by atoms with E-state index < -0.39 is 5.25 Å². The molecule has 2 heterocycles. The molecule has 1 atom stereocenters. The molecule has 0 saturated carbocycles. The summed E-state index contributed by atoms with van der Waals surface area (Å²) in [7, 11) is 0. The number of hydrogen-bond acceptors (Lipinski definition) is 6. The van der Waals surface area contributed by atoms with Crippen LogP contribution >= 0.6 is 35.0 Å². The van der Waals surface area contributed by atoms with Crippen molar-refractivity contribution in [2.45, 2.75) is 18.6 Å². The van der Waals surface area contributed by atoms with Crippen molar-refractivity contribution in [1.29, 1.82) is 0 Å². The number of benzene rings is 1. The van der Waals surface area contributed by atoms with Gasteiger partial charge >= 0.3 is 0 Å². The molecule has 0 bridgehead atoms. The Morgan fingerprint density at radius 1 is 1.33 bits per heavy atom. The van der Waals surface area contributed by atoms with Gasteiger partial charge in [-0.3, -0.25) is 9.59 Å². The zero-order valence-electron chi connectivity index (χ0n) is 14.0. The fraction of sp³-hybridized carbons (Fsp3) is 0.176. The van der Waals surface area contributed by atoms with E-state index in [0.29, 0.717) is 27.3 Å². The number of hydrogen-bond donors (Lipinski definition) is 2. The third-order valence-corrected chi connectivity index (χ3v) is 5.43. The fourth-order valence-corrected chi connectivity index (χ4v) is 3.48. The molecule has 140 valence electrons. The molecule has 0 spiro atoms. The van der Waals surface area contributed by atoms with E-state index in [4.69, 9.17) is 27.6 Å². The van der Waals surface area contributed by atoms with Crippen molar-refractivity contribution in [3.63, 3.8) is 0 Å². The van der Waals surface area contributed by atoms with Crippen LogP contribution in [0.3, 0.4) is 0 Å². The summed E-state index contributed by atoms with van der Waals surface area (Å²) < 4.78 is 5.21. The van der Waals surface area contributed by atoms with E-state index in [1.807, 2.05) is 0 Å². The van der Waals surface area contributed by atoms with Gasteiger partial charge in [0.25, 0.3) is 0 Å². The highest BCUT2D eigenvalue weighted by Crippen LogP contribution is 2.30. The number of halogens is 2. The van der Waals surface area contributed by atoms with Crippen LogP contribution in [0, 0.1) is 0 Å². The lowest BCUT2D eigenvalue weighted by Gasteiger charge is -2.09. The molecule has 1 aromatic heterocycles. The largest absolute Gasteiger partial charge is 0.463 e. The zero-order valence-corrected chi connectivity index (χ0v) is 16.4. The summed E-state index contributed by atoms with van der Waals surface area (Å²) in [6.07, 6.45) is 1.49. The summed E-state index contributed by atoms with van der Waals surface area (Å²) in [5.74, 6) is -0.0803. The number of thioether (sulfide) groups is 1. The first kappa shape index (κ1) is 19.5. The number of furan rings is 1. The molecule has 1 aliphatic rings. The van der Waals surface area contributed by atoms with Gasteiger partial charge in [0, 0.05) is 6.42 Å². The molecule has 2 amide bonds. The highest BCUT2D eigenvalue weighted by atomic mass is 35.5. The van der Waals surface area contributed by atoms with Crippen LogP contribution in [-0.2, 0) is 9.59 Å². The molecular weight excluding hydrogens is 411 g/mol. The second-order valence-electron chi connectivity index (χ2n) is 5.52. The summed E-state index contributed by atoms with van der Waals surface area (Å²) in [6, 6.07) is 8.42. The third-order valence-electron chi connectivity index (χ3n) is 3.54. The van der Waals surface area contributed by atoms with Crippen molar-refractivity contribution in [2.75, 3.05) is 5.32 Å². The number of nitrogens with one attached hydrogen (secondary N) is 2. The second kappa shape index (κ2) is 8.60. The van der Waals surface area contributed by atoms with Gasteiger partial charge in [-0.1, -0.05) is 41.0 Å². The summed E-state index contributed by atoms with van der Waals surface area (Å²) in [5, 5.41) is 13.6. The molecule has 2 N–H and O–H groups in total. The quantitative estimate of drug-likeness (QED) is 0.561. The van der Waals surface area contributed by atoms with Crippen LogP contribution in [0.1, 0.15) is 19.1 Å². The molecule has 3 rings (SSSR count). The second-order valence-corrected chi connectivity index (χ2v) is 7.49. The molecule has 1 aliphatic heterocycles. The van der Waals surface area contributed by atoms with Crippen molar-refractivity contribution in [3.05, 3.63) is 52.4 Å². The highest BCUT2D eigenvalue weighted by molar-refractivity contribution is 8.15. The van der Waals surface area contributed by atoms with E-state index in [-0.39, 0.29) is 23.3 Å². The molecular formula is C17H14Cl2N4O3S. The Labute approximate surface area is 169 Å². The van der Waals surface area contributed by atoms with Gasteiger partial charge in [0.1, 0.15) is 16.7 Å². The Morgan fingerprint density at radius 2 is 2.15 bits per heavy atom. The Bertz CT molecular complexity index is 928. The lowest BCUT2D eigenvalue weighted by molar-refractivity contribution is -0.122. The molecule has 7 nitrogen and oxygen atoms in total. The van der Waals surface area contributed by atoms with Crippen LogP contribution in [0.25, 0.3) is 0 Å². The monoisotopic (exact) mass is 424 g/mol. The SMILES string of the molecule is CC(=N/N=C1/NC(=O)C(CC(=O)Nc2cccc(Cl)c2Cl)S1)c1ccco1. The summed E-state index contributed by atoms with van der Waals surface area (Å²) in [5.41, 5.74) is 0.962. The molecule has 1 saturated heterocycles. The predicted octanol–water partition coefficient (Wildman–Crippen LogP) is 3.93. The Morgan fingerprint density at radius 3 is 2.89 bits per heavy atom. The van der Waals surface area contributed by atoms with Gasteiger partial charge < -0.3 is 15.1 Å². The molecule has 10 heteroatoms. The Balaban J connectivity index is 1.60. The number of carbonyl (C=O) groups is 2. The van der Waals surface area contributed by atoms with Crippen molar-refractivity contribution >= 4 is 63.3 Å². The van der Waals surface area contributed by atoms with Crippen LogP contribution in [-0.4, -0.2) is 27.9 Å². The van der Waals surface area contributed by atoms with Crippen LogP contribution in [0.5, 0.6) is 0 Å². The maximum atomic E-state index is 12.2. The summed E-state index contributed by atoms with van der Waals surface area (Å²) >= 11 is 13.1. The average Bonchev–Trinajstić information content (AvgIpc) is 3.27. The van der Waals surface area contributed by atoms with Gasteiger partial charge in [-0.15, -0.1) is 10.2 Å². The van der Waals surface area contributed by atoms with Crippen LogP contribution in [0.2, 0.25) is 10.0 Å². The maximum Gasteiger partial charge on any atom is 0.240 e. The fourth-order valence-electron chi connectivity index (χ4n) is 2.21. The van der Waals surface area contributed by atoms with Crippen molar-refractivity contribution in [3.8, 4) is 0 Å². The van der Waals surface area contributed by atoms with Gasteiger partial charge in [-0.05, 0) is 31.2 Å². The number of nitrogens with zero attached hydrogens (tertiary/aromatic N) is 2. The van der Waals surface area contributed by atoms with Gasteiger partial charge in [0.05, 0.1) is 22.0 Å². The first-order valence-corrected chi connectivity index (χ1v) is 9.45. The van der Waals surface area contributed by atoms with Crippen LogP contribution in [0.4, 0.5) is 5.69 Å². The van der Waals surface area contributed by atoms with Gasteiger partial charge in [0.15, 0.2) is 5.17 Å². The summed E-state index contributed by atoms with van der Waals surface area (Å²) in [6.45, 7) is 1.74. The van der Waals surface area contributed by atoms with Crippen molar-refractivity contribution in [2.24, 2.45) is 10.2 Å². The minimum absolute atomic E-state index is 0.0424. The van der Waals surface area contributed by atoms with E-state index in [2.05, 4.69) is 20.8 Å². The standard InChI is InChI=1S/C17H14Cl2N4O3S/c1-9(12-6-3-7-26-12)22-23-17-21-16(25)13(27-17)8-14(24)20-11-5-2-4-10(18)15(11)19/h2-7,13H,8H2,1H3,(H,20,24)(H,21,23,25). The number of amides is 2. The molecule has 1 unspecified atom stereocenters. The average molecular weight is 425 g/mol. The Kier molecular flexibility index (Phi) is 6.20.